The number of carboxylic acid groups (broad SMARTS) is 2. The minimum Gasteiger partial charge on any atom is -0.508 e. The first kappa shape index (κ1) is 20.7. The van der Waals surface area contributed by atoms with E-state index in [-0.39, 0.29) is 22.6 Å². The quantitative estimate of drug-likeness (QED) is 0.335. The van der Waals surface area contributed by atoms with E-state index in [9.17, 15) is 30.0 Å². The molecule has 0 fully saturated rings. The van der Waals surface area contributed by atoms with Gasteiger partial charge in [0.15, 0.2) is 0 Å². The first-order valence-corrected chi connectivity index (χ1v) is 9.67. The first-order chi connectivity index (χ1) is 15.3. The minimum atomic E-state index is -1.08. The zero-order chi connectivity index (χ0) is 22.8. The Labute approximate surface area is 183 Å². The number of carbonyl (C=O) groups is 2. The van der Waals surface area contributed by atoms with Crippen LogP contribution < -0.4 is 0 Å². The fraction of sp³-hybridized carbons (Fsp3) is 0. The maximum atomic E-state index is 11.5. The van der Waals surface area contributed by atoms with Crippen LogP contribution >= 0.6 is 0 Å². The van der Waals surface area contributed by atoms with Crippen LogP contribution in [-0.2, 0) is 0 Å². The molecular weight excluding hydrogens is 408 g/mol. The second-order valence-corrected chi connectivity index (χ2v) is 7.22. The number of phenolic OH excluding ortho intramolecular Hbond substituents is 2. The van der Waals surface area contributed by atoms with E-state index >= 15 is 0 Å². The maximum absolute atomic E-state index is 11.5. The van der Waals surface area contributed by atoms with Gasteiger partial charge in [-0.15, -0.1) is 0 Å². The van der Waals surface area contributed by atoms with Gasteiger partial charge >= 0.3 is 11.9 Å². The van der Waals surface area contributed by atoms with Gasteiger partial charge in [0, 0.05) is 0 Å². The van der Waals surface area contributed by atoms with Gasteiger partial charge in [-0.25, -0.2) is 9.59 Å². The Morgan fingerprint density at radius 3 is 1.09 bits per heavy atom. The van der Waals surface area contributed by atoms with Crippen molar-refractivity contribution in [2.45, 2.75) is 0 Å². The molecule has 4 rings (SSSR count). The van der Waals surface area contributed by atoms with Gasteiger partial charge in [-0.3, -0.25) is 0 Å². The molecule has 4 N–H and O–H groups in total. The third kappa shape index (κ3) is 4.02. The van der Waals surface area contributed by atoms with Gasteiger partial charge in [0.05, 0.1) is 11.1 Å². The molecule has 0 unspecified atom stereocenters. The van der Waals surface area contributed by atoms with Gasteiger partial charge in [-0.05, 0) is 69.8 Å². The van der Waals surface area contributed by atoms with E-state index < -0.39 is 11.9 Å². The van der Waals surface area contributed by atoms with E-state index in [1.165, 1.54) is 36.4 Å². The Morgan fingerprint density at radius 2 is 0.781 bits per heavy atom. The molecule has 0 aliphatic rings. The van der Waals surface area contributed by atoms with E-state index in [4.69, 9.17) is 0 Å². The lowest BCUT2D eigenvalue weighted by Gasteiger charge is -2.10. The highest BCUT2D eigenvalue weighted by molar-refractivity contribution is 5.97. The molecule has 0 saturated heterocycles. The fourth-order valence-electron chi connectivity index (χ4n) is 3.60. The summed E-state index contributed by atoms with van der Waals surface area (Å²) in [6.07, 6.45) is 0. The van der Waals surface area contributed by atoms with Gasteiger partial charge < -0.3 is 20.4 Å². The van der Waals surface area contributed by atoms with Crippen molar-refractivity contribution in [3.05, 3.63) is 96.1 Å². The molecule has 32 heavy (non-hydrogen) atoms. The van der Waals surface area contributed by atoms with Crippen LogP contribution in [0.3, 0.4) is 0 Å². The molecule has 6 heteroatoms. The van der Waals surface area contributed by atoms with Crippen molar-refractivity contribution in [3.63, 3.8) is 0 Å². The molecule has 0 saturated carbocycles. The van der Waals surface area contributed by atoms with Crippen molar-refractivity contribution in [1.82, 2.24) is 0 Å². The summed E-state index contributed by atoms with van der Waals surface area (Å²) in [5.74, 6) is -2.19. The molecule has 0 spiro atoms. The molecule has 158 valence electrons. The summed E-state index contributed by atoms with van der Waals surface area (Å²) in [5.41, 5.74) is 4.11. The molecule has 0 bridgehead atoms. The van der Waals surface area contributed by atoms with Crippen molar-refractivity contribution in [2.24, 2.45) is 0 Å². The smallest absolute Gasteiger partial charge is 0.336 e. The van der Waals surface area contributed by atoms with Gasteiger partial charge in [0.2, 0.25) is 0 Å². The predicted molar refractivity (Wildman–Crippen MR) is 120 cm³/mol. The summed E-state index contributed by atoms with van der Waals surface area (Å²) in [6, 6.07) is 22.7. The predicted octanol–water partition coefficient (Wildman–Crippen LogP) is 5.50. The standard InChI is InChI=1S/C26H18O6/c27-19-9-11-21(25(29)30)23(13-19)17-5-1-15(2-6-17)16-3-7-18(8-4-16)24-14-20(28)10-12-22(24)26(31)32/h1-14,27-28H,(H,29,30)(H,31,32). The molecule has 4 aromatic rings. The normalized spacial score (nSPS) is 10.6. The number of hydrogen-bond donors (Lipinski definition) is 4. The van der Waals surface area contributed by atoms with Crippen LogP contribution in [0, 0.1) is 0 Å². The van der Waals surface area contributed by atoms with E-state index in [1.54, 1.807) is 24.3 Å². The third-order valence-corrected chi connectivity index (χ3v) is 5.19. The molecule has 6 nitrogen and oxygen atoms in total. The Balaban J connectivity index is 1.66. The van der Waals surface area contributed by atoms with Crippen LogP contribution in [0.25, 0.3) is 33.4 Å². The SMILES string of the molecule is O=C(O)c1ccc(O)cc1-c1ccc(-c2ccc(-c3cc(O)ccc3C(=O)O)cc2)cc1. The Hall–Kier alpha value is -4.58. The van der Waals surface area contributed by atoms with Crippen LogP contribution in [0.4, 0.5) is 0 Å². The fourth-order valence-corrected chi connectivity index (χ4v) is 3.60. The highest BCUT2D eigenvalue weighted by Gasteiger charge is 2.14. The van der Waals surface area contributed by atoms with Gasteiger partial charge in [-0.1, -0.05) is 48.5 Å². The number of phenols is 2. The maximum Gasteiger partial charge on any atom is 0.336 e. The summed E-state index contributed by atoms with van der Waals surface area (Å²) < 4.78 is 0. The molecule has 4 aromatic carbocycles. The van der Waals surface area contributed by atoms with Crippen LogP contribution in [-0.4, -0.2) is 32.4 Å². The summed E-state index contributed by atoms with van der Waals surface area (Å²) in [6.45, 7) is 0. The lowest BCUT2D eigenvalue weighted by molar-refractivity contribution is 0.0686. The van der Waals surface area contributed by atoms with E-state index in [2.05, 4.69) is 0 Å². The molecule has 0 aliphatic heterocycles. The Morgan fingerprint density at radius 1 is 0.469 bits per heavy atom. The number of hydrogen-bond acceptors (Lipinski definition) is 4. The van der Waals surface area contributed by atoms with Crippen molar-refractivity contribution in [3.8, 4) is 44.9 Å². The number of aromatic carboxylic acids is 2. The Bertz CT molecular complexity index is 1220. The topological polar surface area (TPSA) is 115 Å². The number of benzene rings is 4. The van der Waals surface area contributed by atoms with Crippen molar-refractivity contribution >= 4 is 11.9 Å². The summed E-state index contributed by atoms with van der Waals surface area (Å²) in [4.78, 5) is 23.0. The Kier molecular flexibility index (Phi) is 5.35. The van der Waals surface area contributed by atoms with Gasteiger partial charge in [0.25, 0.3) is 0 Å². The average molecular weight is 426 g/mol. The zero-order valence-electron chi connectivity index (χ0n) is 16.7. The highest BCUT2D eigenvalue weighted by Crippen LogP contribution is 2.32. The number of carboxylic acids is 2. The highest BCUT2D eigenvalue weighted by atomic mass is 16.4. The monoisotopic (exact) mass is 426 g/mol. The van der Waals surface area contributed by atoms with Crippen LogP contribution in [0.15, 0.2) is 84.9 Å². The second-order valence-electron chi connectivity index (χ2n) is 7.22. The average Bonchev–Trinajstić information content (AvgIpc) is 2.79. The van der Waals surface area contributed by atoms with E-state index in [1.807, 2.05) is 24.3 Å². The zero-order valence-corrected chi connectivity index (χ0v) is 16.7. The first-order valence-electron chi connectivity index (χ1n) is 9.67. The van der Waals surface area contributed by atoms with Crippen molar-refractivity contribution in [2.75, 3.05) is 0 Å². The summed E-state index contributed by atoms with van der Waals surface area (Å²) in [7, 11) is 0. The molecule has 0 atom stereocenters. The number of aromatic hydroxyl groups is 2. The number of rotatable bonds is 5. The van der Waals surface area contributed by atoms with Gasteiger partial charge in [-0.2, -0.15) is 0 Å². The molecule has 0 heterocycles. The largest absolute Gasteiger partial charge is 0.508 e. The lowest BCUT2D eigenvalue weighted by atomic mass is 9.95. The van der Waals surface area contributed by atoms with Crippen molar-refractivity contribution < 1.29 is 30.0 Å². The van der Waals surface area contributed by atoms with Gasteiger partial charge in [0.1, 0.15) is 11.5 Å². The molecule has 0 aliphatic carbocycles. The van der Waals surface area contributed by atoms with E-state index in [0.717, 1.165) is 11.1 Å². The molecule has 0 radical (unpaired) electrons. The third-order valence-electron chi connectivity index (χ3n) is 5.19. The second kappa shape index (κ2) is 8.28. The van der Waals surface area contributed by atoms with Crippen LogP contribution in [0.2, 0.25) is 0 Å². The summed E-state index contributed by atoms with van der Waals surface area (Å²) in [5, 5.41) is 38.3. The molecular formula is C26H18O6. The molecule has 0 amide bonds. The van der Waals surface area contributed by atoms with Crippen molar-refractivity contribution in [1.29, 1.82) is 0 Å². The minimum absolute atomic E-state index is 0.0163. The molecule has 0 aromatic heterocycles. The lowest BCUT2D eigenvalue weighted by Crippen LogP contribution is -1.99. The summed E-state index contributed by atoms with van der Waals surface area (Å²) >= 11 is 0. The van der Waals surface area contributed by atoms with E-state index in [0.29, 0.717) is 22.3 Å². The van der Waals surface area contributed by atoms with Crippen LogP contribution in [0.5, 0.6) is 11.5 Å². The van der Waals surface area contributed by atoms with Crippen LogP contribution in [0.1, 0.15) is 20.7 Å².